The van der Waals surface area contributed by atoms with Gasteiger partial charge in [-0.1, -0.05) is 53.3 Å². The number of nitrogens with zero attached hydrogens (tertiary/aromatic N) is 3. The average molecular weight is 276 g/mol. The van der Waals surface area contributed by atoms with E-state index >= 15 is 0 Å². The fourth-order valence-corrected chi connectivity index (χ4v) is 3.10. The maximum absolute atomic E-state index is 6.07. The highest BCUT2D eigenvalue weighted by Gasteiger charge is 2.10. The van der Waals surface area contributed by atoms with Gasteiger partial charge in [0.2, 0.25) is 0 Å². The third-order valence-electron chi connectivity index (χ3n) is 2.57. The van der Waals surface area contributed by atoms with Gasteiger partial charge in [0.15, 0.2) is 5.15 Å². The molecular weight excluding hydrogens is 266 g/mol. The fraction of sp³-hybridized carbons (Fsp3) is 0.154. The number of halogens is 1. The van der Waals surface area contributed by atoms with Crippen LogP contribution in [0, 0.1) is 6.92 Å². The first kappa shape index (κ1) is 11.6. The number of hydrogen-bond acceptors (Lipinski definition) is 4. The number of aromatic nitrogens is 3. The number of rotatable bonds is 2. The summed E-state index contributed by atoms with van der Waals surface area (Å²) < 4.78 is 0. The second-order valence-corrected chi connectivity index (χ2v) is 5.41. The van der Waals surface area contributed by atoms with Gasteiger partial charge in [0, 0.05) is 6.42 Å². The lowest BCUT2D eigenvalue weighted by atomic mass is 10.2. The minimum atomic E-state index is 0.438. The number of fused-ring (bicyclic) bond motifs is 1. The summed E-state index contributed by atoms with van der Waals surface area (Å²) in [4.78, 5) is 13.8. The van der Waals surface area contributed by atoms with E-state index in [2.05, 4.69) is 27.1 Å². The largest absolute Gasteiger partial charge is 0.236 e. The average Bonchev–Trinajstić information content (AvgIpc) is 2.73. The van der Waals surface area contributed by atoms with Gasteiger partial charge in [0.25, 0.3) is 0 Å². The van der Waals surface area contributed by atoms with Gasteiger partial charge in [-0.3, -0.25) is 0 Å². The lowest BCUT2D eigenvalue weighted by molar-refractivity contribution is 1.09. The van der Waals surface area contributed by atoms with Gasteiger partial charge in [-0.15, -0.1) is 0 Å². The molecule has 2 heterocycles. The first-order valence-corrected chi connectivity index (χ1v) is 6.75. The van der Waals surface area contributed by atoms with E-state index in [1.54, 1.807) is 11.3 Å². The molecule has 0 spiro atoms. The van der Waals surface area contributed by atoms with Crippen molar-refractivity contribution in [3.05, 3.63) is 51.9 Å². The molecule has 0 amide bonds. The Morgan fingerprint density at radius 2 is 1.89 bits per heavy atom. The van der Waals surface area contributed by atoms with Crippen molar-refractivity contribution in [1.82, 2.24) is 15.0 Å². The molecule has 0 atom stereocenters. The molecular formula is C13H10ClN3S. The zero-order chi connectivity index (χ0) is 12.5. The molecule has 0 saturated carbocycles. The molecule has 0 saturated heterocycles. The van der Waals surface area contributed by atoms with Crippen molar-refractivity contribution in [2.45, 2.75) is 13.3 Å². The number of thiazole rings is 1. The molecule has 0 radical (unpaired) electrons. The van der Waals surface area contributed by atoms with E-state index in [4.69, 9.17) is 11.6 Å². The van der Waals surface area contributed by atoms with E-state index in [0.29, 0.717) is 16.5 Å². The van der Waals surface area contributed by atoms with Gasteiger partial charge in [-0.25, -0.2) is 15.0 Å². The van der Waals surface area contributed by atoms with Gasteiger partial charge < -0.3 is 0 Å². The van der Waals surface area contributed by atoms with Crippen LogP contribution in [0.25, 0.3) is 10.3 Å². The second kappa shape index (κ2) is 4.63. The van der Waals surface area contributed by atoms with Crippen molar-refractivity contribution in [3.63, 3.8) is 0 Å². The SMILES string of the molecule is Cc1nc(Cl)c2nc(Cc3ccccc3)sc2n1. The summed E-state index contributed by atoms with van der Waals surface area (Å²) in [5, 5.41) is 1.45. The Kier molecular flexibility index (Phi) is 2.97. The molecule has 2 aromatic heterocycles. The van der Waals surface area contributed by atoms with Crippen LogP contribution in [0.1, 0.15) is 16.4 Å². The van der Waals surface area contributed by atoms with Gasteiger partial charge in [-0.05, 0) is 12.5 Å². The van der Waals surface area contributed by atoms with E-state index in [0.717, 1.165) is 16.3 Å². The van der Waals surface area contributed by atoms with Crippen LogP contribution in [0.5, 0.6) is 0 Å². The number of aryl methyl sites for hydroxylation is 1. The van der Waals surface area contributed by atoms with Crippen molar-refractivity contribution in [2.24, 2.45) is 0 Å². The molecule has 0 aliphatic carbocycles. The topological polar surface area (TPSA) is 38.7 Å². The Hall–Kier alpha value is -1.52. The molecule has 18 heavy (non-hydrogen) atoms. The summed E-state index contributed by atoms with van der Waals surface area (Å²) in [6.07, 6.45) is 0.803. The van der Waals surface area contributed by atoms with E-state index < -0.39 is 0 Å². The molecule has 0 aliphatic heterocycles. The molecule has 0 bridgehead atoms. The lowest BCUT2D eigenvalue weighted by Gasteiger charge is -1.95. The van der Waals surface area contributed by atoms with Crippen LogP contribution in [-0.2, 0) is 6.42 Å². The van der Waals surface area contributed by atoms with Crippen LogP contribution in [0.4, 0.5) is 0 Å². The van der Waals surface area contributed by atoms with Crippen LogP contribution >= 0.6 is 22.9 Å². The van der Waals surface area contributed by atoms with Crippen LogP contribution in [0.3, 0.4) is 0 Å². The Morgan fingerprint density at radius 1 is 1.11 bits per heavy atom. The zero-order valence-electron chi connectivity index (χ0n) is 9.72. The van der Waals surface area contributed by atoms with Crippen LogP contribution in [-0.4, -0.2) is 15.0 Å². The molecule has 1 aromatic carbocycles. The van der Waals surface area contributed by atoms with E-state index in [1.165, 1.54) is 5.56 Å². The van der Waals surface area contributed by atoms with Gasteiger partial charge in [-0.2, -0.15) is 0 Å². The fourth-order valence-electron chi connectivity index (χ4n) is 1.78. The summed E-state index contributed by atoms with van der Waals surface area (Å²) in [6, 6.07) is 10.2. The van der Waals surface area contributed by atoms with Crippen molar-refractivity contribution in [1.29, 1.82) is 0 Å². The van der Waals surface area contributed by atoms with Crippen LogP contribution in [0.2, 0.25) is 5.15 Å². The Labute approximate surface area is 114 Å². The molecule has 0 N–H and O–H groups in total. The monoisotopic (exact) mass is 275 g/mol. The maximum atomic E-state index is 6.07. The highest BCUT2D eigenvalue weighted by atomic mass is 35.5. The first-order valence-electron chi connectivity index (χ1n) is 5.56. The molecule has 3 rings (SSSR count). The molecule has 3 aromatic rings. The zero-order valence-corrected chi connectivity index (χ0v) is 11.3. The summed E-state index contributed by atoms with van der Waals surface area (Å²) in [5.41, 5.74) is 1.94. The van der Waals surface area contributed by atoms with E-state index in [9.17, 15) is 0 Å². The minimum Gasteiger partial charge on any atom is -0.236 e. The molecule has 90 valence electrons. The van der Waals surface area contributed by atoms with Crippen molar-refractivity contribution >= 4 is 33.3 Å². The van der Waals surface area contributed by atoms with Crippen LogP contribution < -0.4 is 0 Å². The quantitative estimate of drug-likeness (QED) is 0.670. The molecule has 5 heteroatoms. The summed E-state index contributed by atoms with van der Waals surface area (Å²) in [5.74, 6) is 0.683. The predicted molar refractivity (Wildman–Crippen MR) is 74.2 cm³/mol. The highest BCUT2D eigenvalue weighted by molar-refractivity contribution is 7.18. The summed E-state index contributed by atoms with van der Waals surface area (Å²) in [7, 11) is 0. The van der Waals surface area contributed by atoms with E-state index in [1.807, 2.05) is 25.1 Å². The highest BCUT2D eigenvalue weighted by Crippen LogP contribution is 2.26. The lowest BCUT2D eigenvalue weighted by Crippen LogP contribution is -1.88. The standard InChI is InChI=1S/C13H10ClN3S/c1-8-15-12(14)11-13(16-8)18-10(17-11)7-9-5-3-2-4-6-9/h2-6H,7H2,1H3. The van der Waals surface area contributed by atoms with Gasteiger partial charge in [0.1, 0.15) is 16.2 Å². The Bertz CT molecular complexity index is 694. The molecule has 0 unspecified atom stereocenters. The summed E-state index contributed by atoms with van der Waals surface area (Å²) >= 11 is 7.65. The van der Waals surface area contributed by atoms with E-state index in [-0.39, 0.29) is 0 Å². The normalized spacial score (nSPS) is 11.0. The van der Waals surface area contributed by atoms with Crippen LogP contribution in [0.15, 0.2) is 30.3 Å². The molecule has 0 fully saturated rings. The Balaban J connectivity index is 2.01. The second-order valence-electron chi connectivity index (χ2n) is 3.99. The third kappa shape index (κ3) is 2.21. The first-order chi connectivity index (χ1) is 8.72. The minimum absolute atomic E-state index is 0.438. The van der Waals surface area contributed by atoms with Crippen molar-refractivity contribution in [2.75, 3.05) is 0 Å². The summed E-state index contributed by atoms with van der Waals surface area (Å²) in [6.45, 7) is 1.84. The predicted octanol–water partition coefficient (Wildman–Crippen LogP) is 3.64. The number of hydrogen-bond donors (Lipinski definition) is 0. The Morgan fingerprint density at radius 3 is 2.67 bits per heavy atom. The maximum Gasteiger partial charge on any atom is 0.159 e. The molecule has 0 aliphatic rings. The smallest absolute Gasteiger partial charge is 0.159 e. The number of benzene rings is 1. The molecule has 3 nitrogen and oxygen atoms in total. The van der Waals surface area contributed by atoms with Crippen molar-refractivity contribution in [3.8, 4) is 0 Å². The van der Waals surface area contributed by atoms with Gasteiger partial charge in [0.05, 0.1) is 5.01 Å². The van der Waals surface area contributed by atoms with Gasteiger partial charge >= 0.3 is 0 Å². The van der Waals surface area contributed by atoms with Crippen molar-refractivity contribution < 1.29 is 0 Å². The third-order valence-corrected chi connectivity index (χ3v) is 3.78.